The third-order valence-electron chi connectivity index (χ3n) is 5.40. The van der Waals surface area contributed by atoms with Crippen LogP contribution in [0.3, 0.4) is 0 Å². The molecular formula is C23H27NO4S2. The van der Waals surface area contributed by atoms with Crippen molar-refractivity contribution < 1.29 is 18.7 Å². The summed E-state index contributed by atoms with van der Waals surface area (Å²) >= 11 is 3.98. The minimum atomic E-state index is -0.354. The zero-order valence-electron chi connectivity index (χ0n) is 17.6. The van der Waals surface area contributed by atoms with Crippen LogP contribution in [0.2, 0.25) is 0 Å². The van der Waals surface area contributed by atoms with Gasteiger partial charge in [0.25, 0.3) is 5.91 Å². The second-order valence-electron chi connectivity index (χ2n) is 8.18. The Morgan fingerprint density at radius 1 is 1.20 bits per heavy atom. The van der Waals surface area contributed by atoms with Gasteiger partial charge >= 0.3 is 5.97 Å². The molecule has 2 heterocycles. The molecule has 1 aliphatic heterocycles. The van der Waals surface area contributed by atoms with Gasteiger partial charge in [0, 0.05) is 34.7 Å². The molecule has 2 aromatic rings. The van der Waals surface area contributed by atoms with E-state index >= 15 is 0 Å². The molecule has 2 aliphatic rings. The number of furan rings is 1. The van der Waals surface area contributed by atoms with E-state index in [1.165, 1.54) is 5.56 Å². The first kappa shape index (κ1) is 21.4. The molecule has 30 heavy (non-hydrogen) atoms. The normalized spacial score (nSPS) is 17.2. The summed E-state index contributed by atoms with van der Waals surface area (Å²) in [4.78, 5) is 25.0. The highest BCUT2D eigenvalue weighted by molar-refractivity contribution is 8.20. The monoisotopic (exact) mass is 445 g/mol. The summed E-state index contributed by atoms with van der Waals surface area (Å²) in [6.07, 6.45) is 3.11. The van der Waals surface area contributed by atoms with Crippen LogP contribution in [0, 0.1) is 12.8 Å². The van der Waals surface area contributed by atoms with Crippen LogP contribution < -0.4 is 5.32 Å². The van der Waals surface area contributed by atoms with Gasteiger partial charge in [-0.05, 0) is 49.9 Å². The summed E-state index contributed by atoms with van der Waals surface area (Å²) in [5.74, 6) is 3.33. The molecule has 160 valence electrons. The summed E-state index contributed by atoms with van der Waals surface area (Å²) in [5.41, 5.74) is 3.27. The first-order valence-corrected chi connectivity index (χ1v) is 12.4. The van der Waals surface area contributed by atoms with Crippen LogP contribution in [-0.2, 0) is 15.2 Å². The SMILES string of the molecule is Cc1c(C(=O)Nc2ccc(C(=O)OCC(C)C)cc2)oc2c1C1(CCC2)SCCS1. The van der Waals surface area contributed by atoms with Crippen molar-refractivity contribution in [1.29, 1.82) is 0 Å². The molecule has 4 rings (SSSR count). The average molecular weight is 446 g/mol. The number of hydrogen-bond acceptors (Lipinski definition) is 6. The van der Waals surface area contributed by atoms with Gasteiger partial charge in [-0.25, -0.2) is 4.79 Å². The Balaban J connectivity index is 1.49. The molecule has 1 saturated heterocycles. The van der Waals surface area contributed by atoms with Crippen LogP contribution >= 0.6 is 23.5 Å². The van der Waals surface area contributed by atoms with Gasteiger partial charge in [0.05, 0.1) is 16.2 Å². The quantitative estimate of drug-likeness (QED) is 0.602. The standard InChI is InChI=1S/C23H27NO4S2/c1-14(2)13-27-22(26)16-6-8-17(9-7-16)24-21(25)20-15(3)19-18(28-20)5-4-10-23(19)29-11-12-30-23/h6-9,14H,4-5,10-13H2,1-3H3,(H,24,25). The van der Waals surface area contributed by atoms with E-state index in [0.29, 0.717) is 23.6 Å². The molecule has 5 nitrogen and oxygen atoms in total. The molecule has 0 saturated carbocycles. The van der Waals surface area contributed by atoms with Gasteiger partial charge in [-0.3, -0.25) is 4.79 Å². The van der Waals surface area contributed by atoms with E-state index in [-0.39, 0.29) is 21.9 Å². The Bertz CT molecular complexity index is 943. The molecule has 1 amide bonds. The van der Waals surface area contributed by atoms with E-state index in [4.69, 9.17) is 9.15 Å². The number of nitrogens with one attached hydrogen (secondary N) is 1. The van der Waals surface area contributed by atoms with Crippen molar-refractivity contribution in [1.82, 2.24) is 0 Å². The van der Waals surface area contributed by atoms with Gasteiger partial charge in [0.2, 0.25) is 0 Å². The molecule has 7 heteroatoms. The van der Waals surface area contributed by atoms with Crippen molar-refractivity contribution in [2.45, 2.75) is 44.1 Å². The van der Waals surface area contributed by atoms with Crippen molar-refractivity contribution in [3.8, 4) is 0 Å². The largest absolute Gasteiger partial charge is 0.462 e. The van der Waals surface area contributed by atoms with Gasteiger partial charge in [0.1, 0.15) is 5.76 Å². The van der Waals surface area contributed by atoms with Gasteiger partial charge in [-0.2, -0.15) is 0 Å². The molecule has 0 radical (unpaired) electrons. The summed E-state index contributed by atoms with van der Waals surface area (Å²) in [7, 11) is 0. The minimum absolute atomic E-state index is 0.0533. The van der Waals surface area contributed by atoms with Gasteiger partial charge in [-0.1, -0.05) is 13.8 Å². The number of ether oxygens (including phenoxy) is 1. The van der Waals surface area contributed by atoms with Crippen molar-refractivity contribution >= 4 is 41.1 Å². The number of amides is 1. The summed E-state index contributed by atoms with van der Waals surface area (Å²) in [6, 6.07) is 6.76. The zero-order chi connectivity index (χ0) is 21.3. The maximum Gasteiger partial charge on any atom is 0.338 e. The summed E-state index contributed by atoms with van der Waals surface area (Å²) in [6.45, 7) is 6.37. The van der Waals surface area contributed by atoms with Crippen LogP contribution in [-0.4, -0.2) is 30.0 Å². The number of hydrogen-bond donors (Lipinski definition) is 1. The number of benzene rings is 1. The molecule has 1 aromatic heterocycles. The molecule has 1 aliphatic carbocycles. The Kier molecular flexibility index (Phi) is 6.21. The number of aryl methyl sites for hydroxylation is 1. The fraction of sp³-hybridized carbons (Fsp3) is 0.478. The summed E-state index contributed by atoms with van der Waals surface area (Å²) < 4.78 is 11.4. The fourth-order valence-corrected chi connectivity index (χ4v) is 7.58. The number of fused-ring (bicyclic) bond motifs is 2. The number of anilines is 1. The maximum absolute atomic E-state index is 12.9. The van der Waals surface area contributed by atoms with E-state index in [1.807, 2.05) is 44.3 Å². The van der Waals surface area contributed by atoms with Gasteiger partial charge in [0.15, 0.2) is 5.76 Å². The number of carbonyl (C=O) groups is 2. The molecule has 1 aromatic carbocycles. The smallest absolute Gasteiger partial charge is 0.338 e. The lowest BCUT2D eigenvalue weighted by Gasteiger charge is -2.31. The second-order valence-corrected chi connectivity index (χ2v) is 11.2. The van der Waals surface area contributed by atoms with Gasteiger partial charge in [-0.15, -0.1) is 23.5 Å². The van der Waals surface area contributed by atoms with Crippen molar-refractivity contribution in [2.24, 2.45) is 5.92 Å². The van der Waals surface area contributed by atoms with Crippen molar-refractivity contribution in [3.05, 3.63) is 52.5 Å². The first-order valence-electron chi connectivity index (χ1n) is 10.4. The lowest BCUT2D eigenvalue weighted by molar-refractivity contribution is 0.0459. The predicted molar refractivity (Wildman–Crippen MR) is 122 cm³/mol. The third-order valence-corrected chi connectivity index (χ3v) is 8.93. The van der Waals surface area contributed by atoms with Crippen LogP contribution in [0.25, 0.3) is 0 Å². The topological polar surface area (TPSA) is 68.5 Å². The van der Waals surface area contributed by atoms with Crippen molar-refractivity contribution in [2.75, 3.05) is 23.4 Å². The highest BCUT2D eigenvalue weighted by Crippen LogP contribution is 2.59. The third kappa shape index (κ3) is 4.14. The second kappa shape index (κ2) is 8.71. The minimum Gasteiger partial charge on any atom is -0.462 e. The van der Waals surface area contributed by atoms with E-state index < -0.39 is 0 Å². The van der Waals surface area contributed by atoms with Crippen molar-refractivity contribution in [3.63, 3.8) is 0 Å². The van der Waals surface area contributed by atoms with E-state index in [2.05, 4.69) is 5.32 Å². The Morgan fingerprint density at radius 2 is 1.90 bits per heavy atom. The number of rotatable bonds is 5. The van der Waals surface area contributed by atoms with E-state index in [0.717, 1.165) is 42.1 Å². The zero-order valence-corrected chi connectivity index (χ0v) is 19.2. The maximum atomic E-state index is 12.9. The average Bonchev–Trinajstić information content (AvgIpc) is 3.32. The Hall–Kier alpha value is -1.86. The number of esters is 1. The highest BCUT2D eigenvalue weighted by atomic mass is 32.2. The first-order chi connectivity index (χ1) is 14.4. The Labute approximate surface area is 185 Å². The molecule has 1 N–H and O–H groups in total. The molecule has 0 unspecified atom stereocenters. The molecule has 0 bridgehead atoms. The van der Waals surface area contributed by atoms with Gasteiger partial charge < -0.3 is 14.5 Å². The Morgan fingerprint density at radius 3 is 2.57 bits per heavy atom. The lowest BCUT2D eigenvalue weighted by Crippen LogP contribution is -2.21. The molecule has 1 fully saturated rings. The number of carbonyl (C=O) groups excluding carboxylic acids is 2. The molecule has 0 atom stereocenters. The fourth-order valence-electron chi connectivity index (χ4n) is 4.02. The van der Waals surface area contributed by atoms with Crippen LogP contribution in [0.5, 0.6) is 0 Å². The number of thioether (sulfide) groups is 2. The molecular weight excluding hydrogens is 418 g/mol. The van der Waals surface area contributed by atoms with Crippen LogP contribution in [0.4, 0.5) is 5.69 Å². The van der Waals surface area contributed by atoms with Crippen LogP contribution in [0.1, 0.15) is 64.5 Å². The summed E-state index contributed by atoms with van der Waals surface area (Å²) in [5, 5.41) is 2.91. The van der Waals surface area contributed by atoms with E-state index in [9.17, 15) is 9.59 Å². The van der Waals surface area contributed by atoms with Crippen LogP contribution in [0.15, 0.2) is 28.7 Å². The molecule has 1 spiro atoms. The van der Waals surface area contributed by atoms with E-state index in [1.54, 1.807) is 24.3 Å². The lowest BCUT2D eigenvalue weighted by atomic mass is 9.94. The predicted octanol–water partition coefficient (Wildman–Crippen LogP) is 5.62. The highest BCUT2D eigenvalue weighted by Gasteiger charge is 2.45.